The van der Waals surface area contributed by atoms with Crippen LogP contribution in [0.5, 0.6) is 11.5 Å². The fourth-order valence-corrected chi connectivity index (χ4v) is 3.92. The lowest BCUT2D eigenvalue weighted by atomic mass is 9.71. The summed E-state index contributed by atoms with van der Waals surface area (Å²) in [5.74, 6) is -0.380. The number of carbonyl (C=O) groups is 1. The van der Waals surface area contributed by atoms with Crippen LogP contribution in [0.3, 0.4) is 0 Å². The Labute approximate surface area is 157 Å². The van der Waals surface area contributed by atoms with E-state index in [1.54, 1.807) is 7.11 Å². The van der Waals surface area contributed by atoms with Gasteiger partial charge in [0, 0.05) is 31.8 Å². The van der Waals surface area contributed by atoms with E-state index in [0.717, 1.165) is 0 Å². The first-order valence-corrected chi connectivity index (χ1v) is 8.98. The van der Waals surface area contributed by atoms with Crippen LogP contribution >= 0.6 is 0 Å². The van der Waals surface area contributed by atoms with Gasteiger partial charge in [0.2, 0.25) is 0 Å². The number of carbonyl (C=O) groups excluding carboxylic acids is 1. The molecule has 3 rings (SSSR count). The monoisotopic (exact) mass is 380 g/mol. The summed E-state index contributed by atoms with van der Waals surface area (Å²) in [6.45, 7) is 2.48. The second-order valence-electron chi connectivity index (χ2n) is 7.11. The molecule has 0 saturated carbocycles. The summed E-state index contributed by atoms with van der Waals surface area (Å²) in [6.07, 6.45) is 2.88. The molecule has 1 aromatic carbocycles. The fraction of sp³-hybridized carbons (Fsp3) is 0.550. The summed E-state index contributed by atoms with van der Waals surface area (Å²) in [7, 11) is 2.97. The lowest BCUT2D eigenvalue weighted by molar-refractivity contribution is -0.124. The molecule has 1 aliphatic carbocycles. The van der Waals surface area contributed by atoms with E-state index in [2.05, 4.69) is 0 Å². The highest BCUT2D eigenvalue weighted by Crippen LogP contribution is 2.46. The molecule has 1 aliphatic heterocycles. The maximum Gasteiger partial charge on any atom is 0.189 e. The minimum absolute atomic E-state index is 0.00338. The lowest BCUT2D eigenvalue weighted by Crippen LogP contribution is -2.45. The Morgan fingerprint density at radius 2 is 2.19 bits per heavy atom. The Morgan fingerprint density at radius 3 is 2.89 bits per heavy atom. The van der Waals surface area contributed by atoms with Crippen molar-refractivity contribution >= 4 is 5.78 Å². The molecule has 1 N–H and O–H groups in total. The fourth-order valence-electron chi connectivity index (χ4n) is 3.92. The van der Waals surface area contributed by atoms with Crippen LogP contribution in [0.15, 0.2) is 24.0 Å². The molecular weight excluding hydrogens is 355 g/mol. The highest BCUT2D eigenvalue weighted by atomic mass is 19.1. The molecule has 3 atom stereocenters. The van der Waals surface area contributed by atoms with Gasteiger partial charge in [0.05, 0.1) is 7.11 Å². The molecule has 1 fully saturated rings. The molecule has 1 aromatic rings. The van der Waals surface area contributed by atoms with Crippen LogP contribution in [0.25, 0.3) is 0 Å². The normalized spacial score (nSPS) is 25.6. The first kappa shape index (κ1) is 19.6. The number of ether oxygens (including phenoxy) is 4. The topological polar surface area (TPSA) is 74.2 Å². The van der Waals surface area contributed by atoms with Gasteiger partial charge in [-0.1, -0.05) is 6.92 Å². The van der Waals surface area contributed by atoms with Gasteiger partial charge in [-0.05, 0) is 36.8 Å². The molecule has 0 aromatic heterocycles. The van der Waals surface area contributed by atoms with Crippen LogP contribution in [-0.2, 0) is 25.4 Å². The maximum atomic E-state index is 14.4. The number of rotatable bonds is 7. The Bertz CT molecular complexity index is 746. The van der Waals surface area contributed by atoms with E-state index in [0.29, 0.717) is 37.2 Å². The number of hydrogen-bond donors (Lipinski definition) is 1. The number of halogens is 1. The number of hydrogen-bond acceptors (Lipinski definition) is 6. The molecular formula is C20H25FO6. The number of phenols is 1. The van der Waals surface area contributed by atoms with E-state index in [9.17, 15) is 14.3 Å². The first-order chi connectivity index (χ1) is 12.9. The van der Waals surface area contributed by atoms with E-state index in [1.165, 1.54) is 25.3 Å². The molecule has 1 saturated heterocycles. The number of ketones is 1. The predicted octanol–water partition coefficient (Wildman–Crippen LogP) is 2.97. The van der Waals surface area contributed by atoms with Gasteiger partial charge >= 0.3 is 0 Å². The molecule has 0 radical (unpaired) electrons. The van der Waals surface area contributed by atoms with Crippen LogP contribution < -0.4 is 4.74 Å². The zero-order valence-electron chi connectivity index (χ0n) is 15.8. The van der Waals surface area contributed by atoms with E-state index < -0.39 is 11.4 Å². The molecule has 6 nitrogen and oxygen atoms in total. The Kier molecular flexibility index (Phi) is 5.72. The lowest BCUT2D eigenvalue weighted by Gasteiger charge is -2.38. The molecule has 1 heterocycles. The Balaban J connectivity index is 1.86. The largest absolute Gasteiger partial charge is 0.504 e. The summed E-state index contributed by atoms with van der Waals surface area (Å²) in [5, 5.41) is 9.98. The summed E-state index contributed by atoms with van der Waals surface area (Å²) < 4.78 is 36.0. The summed E-state index contributed by atoms with van der Waals surface area (Å²) in [5.41, 5.74) is -0.427. The standard InChI is InChI=1S/C20H25FO6/c1-12(6-14-7-17(23)18(25-3)8-15(14)21)20-10-13(4-5-24-2)16(22)9-19(20)26-11-27-20/h7-9,12-13,23H,4-6,10-11H2,1-3H3/t12?,13-,20+/m0/s1. The van der Waals surface area contributed by atoms with Crippen molar-refractivity contribution in [1.82, 2.24) is 0 Å². The number of phenolic OH excluding ortho intramolecular Hbond substituents is 1. The Morgan fingerprint density at radius 1 is 1.41 bits per heavy atom. The number of methoxy groups -OCH3 is 2. The van der Waals surface area contributed by atoms with Crippen LogP contribution in [-0.4, -0.2) is 44.1 Å². The number of allylic oxidation sites excluding steroid dienone is 1. The van der Waals surface area contributed by atoms with Crippen LogP contribution in [0.1, 0.15) is 25.3 Å². The van der Waals surface area contributed by atoms with Gasteiger partial charge in [0.25, 0.3) is 0 Å². The van der Waals surface area contributed by atoms with Crippen LogP contribution in [0, 0.1) is 17.7 Å². The highest BCUT2D eigenvalue weighted by Gasteiger charge is 2.51. The third-order valence-corrected chi connectivity index (χ3v) is 5.51. The van der Waals surface area contributed by atoms with Gasteiger partial charge in [0.15, 0.2) is 24.1 Å². The molecule has 0 spiro atoms. The van der Waals surface area contributed by atoms with Crippen molar-refractivity contribution in [2.45, 2.75) is 31.8 Å². The molecule has 2 aliphatic rings. The molecule has 0 amide bonds. The summed E-state index contributed by atoms with van der Waals surface area (Å²) in [6, 6.07) is 2.54. The molecule has 0 bridgehead atoms. The maximum absolute atomic E-state index is 14.4. The van der Waals surface area contributed by atoms with Gasteiger partial charge in [-0.3, -0.25) is 4.79 Å². The second kappa shape index (κ2) is 7.86. The zero-order chi connectivity index (χ0) is 19.6. The van der Waals surface area contributed by atoms with Crippen molar-refractivity contribution < 1.29 is 33.2 Å². The zero-order valence-corrected chi connectivity index (χ0v) is 15.8. The molecule has 148 valence electrons. The van der Waals surface area contributed by atoms with Crippen molar-refractivity contribution in [3.05, 3.63) is 35.3 Å². The van der Waals surface area contributed by atoms with Crippen LogP contribution in [0.2, 0.25) is 0 Å². The van der Waals surface area contributed by atoms with Gasteiger partial charge in [-0.25, -0.2) is 4.39 Å². The smallest absolute Gasteiger partial charge is 0.189 e. The van der Waals surface area contributed by atoms with Crippen LogP contribution in [0.4, 0.5) is 4.39 Å². The molecule has 1 unspecified atom stereocenters. The average Bonchev–Trinajstić information content (AvgIpc) is 3.06. The average molecular weight is 380 g/mol. The molecule has 7 heteroatoms. The minimum Gasteiger partial charge on any atom is -0.504 e. The number of fused-ring (bicyclic) bond motifs is 1. The van der Waals surface area contributed by atoms with Gasteiger partial charge in [0.1, 0.15) is 17.2 Å². The minimum atomic E-state index is -0.783. The summed E-state index contributed by atoms with van der Waals surface area (Å²) in [4.78, 5) is 12.4. The van der Waals surface area contributed by atoms with Gasteiger partial charge in [-0.2, -0.15) is 0 Å². The third-order valence-electron chi connectivity index (χ3n) is 5.51. The van der Waals surface area contributed by atoms with Gasteiger partial charge in [-0.15, -0.1) is 0 Å². The Hall–Kier alpha value is -2.12. The molecule has 27 heavy (non-hydrogen) atoms. The predicted molar refractivity (Wildman–Crippen MR) is 94.9 cm³/mol. The summed E-state index contributed by atoms with van der Waals surface area (Å²) >= 11 is 0. The third kappa shape index (κ3) is 3.66. The number of aromatic hydroxyl groups is 1. The second-order valence-corrected chi connectivity index (χ2v) is 7.11. The van der Waals surface area contributed by atoms with E-state index in [1.807, 2.05) is 6.92 Å². The SMILES string of the molecule is COCC[C@H]1C[C@]2(C(C)Cc3cc(O)c(OC)cc3F)OCOC2=CC1=O. The van der Waals surface area contributed by atoms with Crippen molar-refractivity contribution in [1.29, 1.82) is 0 Å². The first-order valence-electron chi connectivity index (χ1n) is 8.98. The van der Waals surface area contributed by atoms with Crippen molar-refractivity contribution in [3.8, 4) is 11.5 Å². The van der Waals surface area contributed by atoms with Crippen molar-refractivity contribution in [3.63, 3.8) is 0 Å². The van der Waals surface area contributed by atoms with Crippen molar-refractivity contribution in [2.75, 3.05) is 27.6 Å². The van der Waals surface area contributed by atoms with Crippen molar-refractivity contribution in [2.24, 2.45) is 11.8 Å². The van der Waals surface area contributed by atoms with E-state index in [-0.39, 0.29) is 35.9 Å². The van der Waals surface area contributed by atoms with E-state index >= 15 is 0 Å². The quantitative estimate of drug-likeness (QED) is 0.784. The van der Waals surface area contributed by atoms with E-state index in [4.69, 9.17) is 18.9 Å². The highest BCUT2D eigenvalue weighted by molar-refractivity contribution is 5.93. The van der Waals surface area contributed by atoms with Gasteiger partial charge < -0.3 is 24.1 Å². The number of benzene rings is 1.